The summed E-state index contributed by atoms with van der Waals surface area (Å²) in [7, 11) is 1.89. The molecule has 0 amide bonds. The van der Waals surface area contributed by atoms with Gasteiger partial charge in [0.1, 0.15) is 5.54 Å². The monoisotopic (exact) mass is 281 g/mol. The van der Waals surface area contributed by atoms with Crippen molar-refractivity contribution in [2.45, 2.75) is 25.4 Å². The van der Waals surface area contributed by atoms with Gasteiger partial charge in [-0.15, -0.1) is 0 Å². The van der Waals surface area contributed by atoms with Crippen molar-refractivity contribution in [1.29, 1.82) is 0 Å². The topological polar surface area (TPSA) is 40.5 Å². The Bertz CT molecular complexity index is 660. The first-order chi connectivity index (χ1) is 9.94. The van der Waals surface area contributed by atoms with E-state index in [4.69, 9.17) is 0 Å². The van der Waals surface area contributed by atoms with Gasteiger partial charge in [-0.05, 0) is 43.1 Å². The van der Waals surface area contributed by atoms with Gasteiger partial charge >= 0.3 is 5.97 Å². The van der Waals surface area contributed by atoms with Crippen LogP contribution in [0.25, 0.3) is 11.1 Å². The van der Waals surface area contributed by atoms with Crippen molar-refractivity contribution < 1.29 is 9.90 Å². The van der Waals surface area contributed by atoms with Crippen LogP contribution in [0.4, 0.5) is 0 Å². The molecule has 0 unspecified atom stereocenters. The van der Waals surface area contributed by atoms with Crippen molar-refractivity contribution in [2.75, 3.05) is 7.05 Å². The molecule has 3 nitrogen and oxygen atoms in total. The highest BCUT2D eigenvalue weighted by molar-refractivity contribution is 5.81. The van der Waals surface area contributed by atoms with Crippen molar-refractivity contribution in [3.8, 4) is 11.1 Å². The zero-order chi connectivity index (χ0) is 15.2. The molecule has 0 radical (unpaired) electrons. The van der Waals surface area contributed by atoms with Crippen LogP contribution in [0.2, 0.25) is 0 Å². The molecule has 0 saturated carbocycles. The lowest BCUT2D eigenvalue weighted by Gasteiger charge is -2.37. The lowest BCUT2D eigenvalue weighted by molar-refractivity contribution is -0.149. The average Bonchev–Trinajstić information content (AvgIpc) is 2.80. The minimum atomic E-state index is -0.935. The highest BCUT2D eigenvalue weighted by Crippen LogP contribution is 2.47. The number of carbonyl (C=O) groups is 1. The minimum absolute atomic E-state index is 0.0245. The molecule has 1 aliphatic rings. The first-order valence-corrected chi connectivity index (χ1v) is 7.09. The normalized spacial score (nSPS) is 14.1. The van der Waals surface area contributed by atoms with Crippen molar-refractivity contribution in [3.63, 3.8) is 0 Å². The van der Waals surface area contributed by atoms with E-state index in [9.17, 15) is 9.90 Å². The number of hydrogen-bond acceptors (Lipinski definition) is 2. The van der Waals surface area contributed by atoms with E-state index in [1.165, 1.54) is 22.3 Å². The minimum Gasteiger partial charge on any atom is -0.480 e. The van der Waals surface area contributed by atoms with E-state index >= 15 is 0 Å². The van der Waals surface area contributed by atoms with E-state index in [0.29, 0.717) is 0 Å². The quantitative estimate of drug-likeness (QED) is 0.935. The third-order valence-electron chi connectivity index (χ3n) is 4.59. The first kappa shape index (κ1) is 13.8. The van der Waals surface area contributed by atoms with Gasteiger partial charge in [0.15, 0.2) is 0 Å². The third-order valence-corrected chi connectivity index (χ3v) is 4.59. The zero-order valence-corrected chi connectivity index (χ0v) is 12.5. The van der Waals surface area contributed by atoms with Crippen LogP contribution < -0.4 is 0 Å². The average molecular weight is 281 g/mol. The standard InChI is InChI=1S/C18H19NO2/c1-18(2,17(20)21)19(3)16-14-10-6-4-8-12(14)13-9-5-7-11-15(13)16/h4-11,16H,1-3H3,(H,20,21). The summed E-state index contributed by atoms with van der Waals surface area (Å²) in [5, 5.41) is 9.53. The fraction of sp³-hybridized carbons (Fsp3) is 0.278. The van der Waals surface area contributed by atoms with Crippen molar-refractivity contribution in [3.05, 3.63) is 59.7 Å². The summed E-state index contributed by atoms with van der Waals surface area (Å²) in [4.78, 5) is 13.5. The lowest BCUT2D eigenvalue weighted by atomic mass is 9.96. The van der Waals surface area contributed by atoms with Gasteiger partial charge in [0.05, 0.1) is 6.04 Å². The fourth-order valence-electron chi connectivity index (χ4n) is 3.02. The maximum Gasteiger partial charge on any atom is 0.323 e. The number of carboxylic acids is 1. The van der Waals surface area contributed by atoms with Gasteiger partial charge in [-0.1, -0.05) is 48.5 Å². The molecule has 1 aliphatic carbocycles. The molecule has 0 spiro atoms. The molecule has 0 fully saturated rings. The second-order valence-electron chi connectivity index (χ2n) is 6.05. The predicted octanol–water partition coefficient (Wildman–Crippen LogP) is 3.55. The summed E-state index contributed by atoms with van der Waals surface area (Å²) in [6, 6.07) is 16.5. The van der Waals surface area contributed by atoms with Crippen LogP contribution in [0.15, 0.2) is 48.5 Å². The van der Waals surface area contributed by atoms with E-state index in [2.05, 4.69) is 24.3 Å². The van der Waals surface area contributed by atoms with Gasteiger partial charge in [-0.3, -0.25) is 9.69 Å². The van der Waals surface area contributed by atoms with Crippen LogP contribution in [0.3, 0.4) is 0 Å². The molecule has 0 aromatic heterocycles. The maximum absolute atomic E-state index is 11.6. The molecular formula is C18H19NO2. The molecule has 0 aliphatic heterocycles. The van der Waals surface area contributed by atoms with E-state index in [1.54, 1.807) is 13.8 Å². The lowest BCUT2D eigenvalue weighted by Crippen LogP contribution is -2.49. The Morgan fingerprint density at radius 3 is 1.86 bits per heavy atom. The van der Waals surface area contributed by atoms with E-state index in [0.717, 1.165) is 0 Å². The number of carboxylic acid groups (broad SMARTS) is 1. The van der Waals surface area contributed by atoms with Gasteiger partial charge in [0.25, 0.3) is 0 Å². The molecule has 1 N–H and O–H groups in total. The van der Waals surface area contributed by atoms with Gasteiger partial charge in [-0.25, -0.2) is 0 Å². The Labute approximate surface area is 124 Å². The second kappa shape index (κ2) is 4.71. The van der Waals surface area contributed by atoms with Gasteiger partial charge in [-0.2, -0.15) is 0 Å². The number of nitrogens with zero attached hydrogens (tertiary/aromatic N) is 1. The third kappa shape index (κ3) is 1.96. The Morgan fingerprint density at radius 2 is 1.43 bits per heavy atom. The largest absolute Gasteiger partial charge is 0.480 e. The maximum atomic E-state index is 11.6. The highest BCUT2D eigenvalue weighted by atomic mass is 16.4. The summed E-state index contributed by atoms with van der Waals surface area (Å²) in [5.41, 5.74) is 3.82. The van der Waals surface area contributed by atoms with Gasteiger partial charge in [0, 0.05) is 0 Å². The van der Waals surface area contributed by atoms with Crippen molar-refractivity contribution in [1.82, 2.24) is 4.90 Å². The fourth-order valence-corrected chi connectivity index (χ4v) is 3.02. The van der Waals surface area contributed by atoms with Crippen LogP contribution in [0.5, 0.6) is 0 Å². The summed E-state index contributed by atoms with van der Waals surface area (Å²) < 4.78 is 0. The summed E-state index contributed by atoms with van der Waals surface area (Å²) in [6.07, 6.45) is 0. The molecule has 108 valence electrons. The van der Waals surface area contributed by atoms with E-state index in [1.807, 2.05) is 36.2 Å². The number of aliphatic carboxylic acids is 1. The predicted molar refractivity (Wildman–Crippen MR) is 83.2 cm³/mol. The van der Waals surface area contributed by atoms with E-state index in [-0.39, 0.29) is 6.04 Å². The molecule has 3 heteroatoms. The molecule has 0 bridgehead atoms. The summed E-state index contributed by atoms with van der Waals surface area (Å²) in [6.45, 7) is 3.50. The number of rotatable bonds is 3. The van der Waals surface area contributed by atoms with Gasteiger partial charge in [0.2, 0.25) is 0 Å². The Morgan fingerprint density at radius 1 is 1.00 bits per heavy atom. The molecule has 21 heavy (non-hydrogen) atoms. The van der Waals surface area contributed by atoms with Crippen LogP contribution in [-0.4, -0.2) is 28.6 Å². The molecule has 3 rings (SSSR count). The molecule has 2 aromatic rings. The number of hydrogen-bond donors (Lipinski definition) is 1. The van der Waals surface area contributed by atoms with Crippen LogP contribution in [-0.2, 0) is 4.79 Å². The molecule has 0 saturated heterocycles. The second-order valence-corrected chi connectivity index (χ2v) is 6.05. The van der Waals surface area contributed by atoms with Crippen molar-refractivity contribution in [2.24, 2.45) is 0 Å². The Balaban J connectivity index is 2.17. The summed E-state index contributed by atoms with van der Waals surface area (Å²) in [5.74, 6) is -0.813. The summed E-state index contributed by atoms with van der Waals surface area (Å²) >= 11 is 0. The Kier molecular flexibility index (Phi) is 3.10. The number of likely N-dealkylation sites (N-methyl/N-ethyl adjacent to an activating group) is 1. The van der Waals surface area contributed by atoms with Gasteiger partial charge < -0.3 is 5.11 Å². The molecule has 0 heterocycles. The first-order valence-electron chi connectivity index (χ1n) is 7.09. The Hall–Kier alpha value is -2.13. The number of benzene rings is 2. The smallest absolute Gasteiger partial charge is 0.323 e. The van der Waals surface area contributed by atoms with E-state index < -0.39 is 11.5 Å². The number of fused-ring (bicyclic) bond motifs is 3. The zero-order valence-electron chi connectivity index (χ0n) is 12.5. The molecular weight excluding hydrogens is 262 g/mol. The van der Waals surface area contributed by atoms with Crippen LogP contribution >= 0.6 is 0 Å². The van der Waals surface area contributed by atoms with Crippen LogP contribution in [0, 0.1) is 0 Å². The molecule has 2 aromatic carbocycles. The van der Waals surface area contributed by atoms with Crippen LogP contribution in [0.1, 0.15) is 31.0 Å². The highest BCUT2D eigenvalue weighted by Gasteiger charge is 2.41. The molecule has 0 atom stereocenters. The SMILES string of the molecule is CN(C1c2ccccc2-c2ccccc21)C(C)(C)C(=O)O. The van der Waals surface area contributed by atoms with Crippen molar-refractivity contribution >= 4 is 5.97 Å².